The Kier molecular flexibility index (Phi) is 4.65. The van der Waals surface area contributed by atoms with E-state index in [2.05, 4.69) is 23.5 Å². The maximum Gasteiger partial charge on any atom is 0.118 e. The first-order chi connectivity index (χ1) is 8.83. The van der Waals surface area contributed by atoms with Crippen molar-refractivity contribution in [3.63, 3.8) is 0 Å². The van der Waals surface area contributed by atoms with Crippen molar-refractivity contribution in [2.24, 2.45) is 0 Å². The van der Waals surface area contributed by atoms with Gasteiger partial charge < -0.3 is 14.8 Å². The summed E-state index contributed by atoms with van der Waals surface area (Å²) in [5.74, 6) is 1.98. The Morgan fingerprint density at radius 1 is 1.33 bits per heavy atom. The number of rotatable bonds is 5. The van der Waals surface area contributed by atoms with Gasteiger partial charge in [0.25, 0.3) is 0 Å². The second-order valence-corrected chi connectivity index (χ2v) is 4.49. The molecule has 0 fully saturated rings. The van der Waals surface area contributed by atoms with Gasteiger partial charge in [0, 0.05) is 0 Å². The molecule has 98 valence electrons. The number of nitrogens with one attached hydrogen (secondary N) is 1. The van der Waals surface area contributed by atoms with Crippen LogP contribution in [0, 0.1) is 0 Å². The average molecular weight is 247 g/mol. The van der Waals surface area contributed by atoms with Crippen molar-refractivity contribution >= 4 is 0 Å². The van der Waals surface area contributed by atoms with E-state index in [9.17, 15) is 0 Å². The van der Waals surface area contributed by atoms with Crippen LogP contribution in [-0.4, -0.2) is 26.8 Å². The molecular formula is C15H21NO2. The van der Waals surface area contributed by atoms with Crippen LogP contribution in [0.2, 0.25) is 0 Å². The summed E-state index contributed by atoms with van der Waals surface area (Å²) in [4.78, 5) is 0. The third kappa shape index (κ3) is 3.26. The van der Waals surface area contributed by atoms with Gasteiger partial charge in [-0.05, 0) is 50.1 Å². The fourth-order valence-corrected chi connectivity index (χ4v) is 2.16. The molecule has 0 radical (unpaired) electrons. The molecule has 1 aromatic carbocycles. The van der Waals surface area contributed by atoms with Crippen molar-refractivity contribution in [1.82, 2.24) is 5.32 Å². The van der Waals surface area contributed by atoms with Crippen molar-refractivity contribution < 1.29 is 9.47 Å². The van der Waals surface area contributed by atoms with Gasteiger partial charge in [-0.1, -0.05) is 12.1 Å². The molecule has 1 atom stereocenters. The predicted octanol–water partition coefficient (Wildman–Crippen LogP) is 2.52. The molecule has 1 N–H and O–H groups in total. The molecule has 1 unspecified atom stereocenters. The van der Waals surface area contributed by atoms with Crippen LogP contribution >= 0.6 is 0 Å². The van der Waals surface area contributed by atoms with Crippen LogP contribution in [0.1, 0.15) is 18.4 Å². The Balaban J connectivity index is 2.02. The summed E-state index contributed by atoms with van der Waals surface area (Å²) in [6.45, 7) is 0.840. The number of allylic oxidation sites excluding steroid dienone is 1. The zero-order valence-electron chi connectivity index (χ0n) is 11.1. The van der Waals surface area contributed by atoms with Gasteiger partial charge in [-0.25, -0.2) is 0 Å². The molecule has 0 amide bonds. The highest BCUT2D eigenvalue weighted by Crippen LogP contribution is 2.18. The Morgan fingerprint density at radius 2 is 2.11 bits per heavy atom. The molecule has 1 aliphatic rings. The van der Waals surface area contributed by atoms with E-state index in [4.69, 9.17) is 9.47 Å². The van der Waals surface area contributed by atoms with Crippen molar-refractivity contribution in [2.45, 2.75) is 25.3 Å². The zero-order valence-corrected chi connectivity index (χ0v) is 11.1. The quantitative estimate of drug-likeness (QED) is 0.867. The number of methoxy groups -OCH3 is 1. The number of likely N-dealkylation sites (N-methyl/N-ethyl adjacent to an activating group) is 1. The first-order valence-corrected chi connectivity index (χ1v) is 6.46. The van der Waals surface area contributed by atoms with E-state index in [1.165, 1.54) is 5.56 Å². The van der Waals surface area contributed by atoms with Crippen molar-refractivity contribution in [1.29, 1.82) is 0 Å². The van der Waals surface area contributed by atoms with E-state index in [1.54, 1.807) is 7.11 Å². The van der Waals surface area contributed by atoms with Gasteiger partial charge in [-0.15, -0.1) is 0 Å². The molecule has 18 heavy (non-hydrogen) atoms. The lowest BCUT2D eigenvalue weighted by Gasteiger charge is -2.23. The molecule has 1 aliphatic heterocycles. The van der Waals surface area contributed by atoms with Gasteiger partial charge in [-0.2, -0.15) is 0 Å². The average Bonchev–Trinajstić information content (AvgIpc) is 2.46. The number of hydrogen-bond acceptors (Lipinski definition) is 3. The molecule has 0 saturated carbocycles. The third-order valence-corrected chi connectivity index (χ3v) is 3.25. The molecule has 0 aromatic heterocycles. The van der Waals surface area contributed by atoms with Gasteiger partial charge in [0.1, 0.15) is 11.5 Å². The summed E-state index contributed by atoms with van der Waals surface area (Å²) in [6.07, 6.45) is 5.39. The van der Waals surface area contributed by atoms with Crippen LogP contribution in [0.25, 0.3) is 0 Å². The van der Waals surface area contributed by atoms with E-state index >= 15 is 0 Å². The fourth-order valence-electron chi connectivity index (χ4n) is 2.16. The lowest BCUT2D eigenvalue weighted by atomic mass is 10.0. The number of benzene rings is 1. The smallest absolute Gasteiger partial charge is 0.118 e. The molecule has 0 bridgehead atoms. The van der Waals surface area contributed by atoms with Crippen LogP contribution in [0.4, 0.5) is 0 Å². The van der Waals surface area contributed by atoms with Gasteiger partial charge in [0.2, 0.25) is 0 Å². The summed E-state index contributed by atoms with van der Waals surface area (Å²) in [5, 5.41) is 3.32. The van der Waals surface area contributed by atoms with E-state index in [0.717, 1.165) is 37.4 Å². The highest BCUT2D eigenvalue weighted by atomic mass is 16.5. The summed E-state index contributed by atoms with van der Waals surface area (Å²) >= 11 is 0. The summed E-state index contributed by atoms with van der Waals surface area (Å²) in [6, 6.07) is 8.47. The molecule has 0 saturated heterocycles. The van der Waals surface area contributed by atoms with Crippen LogP contribution in [0.3, 0.4) is 0 Å². The first kappa shape index (κ1) is 13.0. The SMILES string of the molecule is CNC(Cc1ccc(OC)cc1)C1=CCCCO1. The summed E-state index contributed by atoms with van der Waals surface area (Å²) in [5.41, 5.74) is 1.28. The lowest BCUT2D eigenvalue weighted by Crippen LogP contribution is -2.32. The minimum absolute atomic E-state index is 0.263. The molecule has 1 heterocycles. The highest BCUT2D eigenvalue weighted by Gasteiger charge is 2.16. The topological polar surface area (TPSA) is 30.5 Å². The second kappa shape index (κ2) is 6.45. The first-order valence-electron chi connectivity index (χ1n) is 6.46. The molecule has 1 aromatic rings. The van der Waals surface area contributed by atoms with Crippen LogP contribution < -0.4 is 10.1 Å². The zero-order chi connectivity index (χ0) is 12.8. The van der Waals surface area contributed by atoms with Gasteiger partial charge >= 0.3 is 0 Å². The molecule has 0 aliphatic carbocycles. The van der Waals surface area contributed by atoms with E-state index in [0.29, 0.717) is 0 Å². The van der Waals surface area contributed by atoms with Crippen molar-refractivity contribution in [3.05, 3.63) is 41.7 Å². The van der Waals surface area contributed by atoms with Gasteiger partial charge in [-0.3, -0.25) is 0 Å². The van der Waals surface area contributed by atoms with Gasteiger partial charge in [0.05, 0.1) is 19.8 Å². The van der Waals surface area contributed by atoms with Crippen LogP contribution in [-0.2, 0) is 11.2 Å². The molecule has 3 heteroatoms. The van der Waals surface area contributed by atoms with E-state index < -0.39 is 0 Å². The summed E-state index contributed by atoms with van der Waals surface area (Å²) < 4.78 is 10.9. The van der Waals surface area contributed by atoms with E-state index in [-0.39, 0.29) is 6.04 Å². The molecule has 2 rings (SSSR count). The van der Waals surface area contributed by atoms with Crippen molar-refractivity contribution in [2.75, 3.05) is 20.8 Å². The number of hydrogen-bond donors (Lipinski definition) is 1. The highest BCUT2D eigenvalue weighted by molar-refractivity contribution is 5.28. The fraction of sp³-hybridized carbons (Fsp3) is 0.467. The molecule has 0 spiro atoms. The Morgan fingerprint density at radius 3 is 2.67 bits per heavy atom. The molecule has 3 nitrogen and oxygen atoms in total. The largest absolute Gasteiger partial charge is 0.497 e. The minimum atomic E-state index is 0.263. The minimum Gasteiger partial charge on any atom is -0.497 e. The van der Waals surface area contributed by atoms with Gasteiger partial charge in [0.15, 0.2) is 0 Å². The number of ether oxygens (including phenoxy) is 2. The normalized spacial score (nSPS) is 16.7. The monoisotopic (exact) mass is 247 g/mol. The van der Waals surface area contributed by atoms with Crippen molar-refractivity contribution in [3.8, 4) is 5.75 Å². The van der Waals surface area contributed by atoms with Crippen LogP contribution in [0.15, 0.2) is 36.1 Å². The van der Waals surface area contributed by atoms with Crippen LogP contribution in [0.5, 0.6) is 5.75 Å². The third-order valence-electron chi connectivity index (χ3n) is 3.25. The van der Waals surface area contributed by atoms with E-state index in [1.807, 2.05) is 19.2 Å². The Bertz CT molecular complexity index is 397. The Labute approximate surface area is 109 Å². The standard InChI is InChI=1S/C15H21NO2/c1-16-14(15-5-3-4-10-18-15)11-12-6-8-13(17-2)9-7-12/h5-9,14,16H,3-4,10-11H2,1-2H3. The second-order valence-electron chi connectivity index (χ2n) is 4.49. The maximum absolute atomic E-state index is 5.72. The lowest BCUT2D eigenvalue weighted by molar-refractivity contribution is 0.169. The Hall–Kier alpha value is -1.48. The maximum atomic E-state index is 5.72. The predicted molar refractivity (Wildman–Crippen MR) is 72.8 cm³/mol. The summed E-state index contributed by atoms with van der Waals surface area (Å²) in [7, 11) is 3.67. The molecular weight excluding hydrogens is 226 g/mol.